The van der Waals surface area contributed by atoms with Crippen molar-refractivity contribution < 1.29 is 5.11 Å². The van der Waals surface area contributed by atoms with Crippen molar-refractivity contribution in [3.05, 3.63) is 20.7 Å². The number of nitrogens with one attached hydrogen (secondary N) is 2. The van der Waals surface area contributed by atoms with Crippen LogP contribution in [0.1, 0.15) is 31.4 Å². The Labute approximate surface area is 92.3 Å². The van der Waals surface area contributed by atoms with Crippen LogP contribution in [0, 0.1) is 0 Å². The summed E-state index contributed by atoms with van der Waals surface area (Å²) >= 11 is 1.20. The molecule has 15 heavy (non-hydrogen) atoms. The number of rotatable bonds is 3. The highest BCUT2D eigenvalue weighted by Gasteiger charge is 2.18. The van der Waals surface area contributed by atoms with E-state index in [1.54, 1.807) is 0 Å². The van der Waals surface area contributed by atoms with Gasteiger partial charge in [-0.15, -0.1) is 0 Å². The van der Waals surface area contributed by atoms with Crippen molar-refractivity contribution >= 4 is 11.3 Å². The average Bonchev–Trinajstić information content (AvgIpc) is 2.64. The molecule has 1 saturated carbocycles. The van der Waals surface area contributed by atoms with E-state index in [9.17, 15) is 9.90 Å². The molecule has 0 saturated heterocycles. The minimum Gasteiger partial charge on any atom is -0.393 e. The lowest BCUT2D eigenvalue weighted by Crippen LogP contribution is -2.34. The summed E-state index contributed by atoms with van der Waals surface area (Å²) in [6.45, 7) is 0.722. The quantitative estimate of drug-likeness (QED) is 0.718. The molecule has 0 aromatic carbocycles. The summed E-state index contributed by atoms with van der Waals surface area (Å²) < 4.78 is 0. The largest absolute Gasteiger partial charge is 0.393 e. The summed E-state index contributed by atoms with van der Waals surface area (Å²) in [4.78, 5) is 13.7. The van der Waals surface area contributed by atoms with Gasteiger partial charge in [0.2, 0.25) is 0 Å². The van der Waals surface area contributed by atoms with Crippen LogP contribution in [0.3, 0.4) is 0 Å². The standard InChI is InChI=1S/C10H16N2O2S/c13-9-3-1-7(2-4-9)11-5-8-6-15-10(14)12-8/h6-7,9,11,13H,1-5H2,(H,12,14). The normalized spacial score (nSPS) is 26.7. The second kappa shape index (κ2) is 4.92. The first-order valence-corrected chi connectivity index (χ1v) is 6.20. The zero-order valence-electron chi connectivity index (χ0n) is 8.53. The Morgan fingerprint density at radius 3 is 2.80 bits per heavy atom. The molecular formula is C10H16N2O2S. The molecule has 1 heterocycles. The number of hydrogen-bond donors (Lipinski definition) is 3. The van der Waals surface area contributed by atoms with Crippen LogP contribution in [0.5, 0.6) is 0 Å². The molecule has 0 bridgehead atoms. The van der Waals surface area contributed by atoms with E-state index in [4.69, 9.17) is 0 Å². The molecule has 1 aliphatic rings. The molecule has 0 amide bonds. The lowest BCUT2D eigenvalue weighted by Gasteiger charge is -2.26. The van der Waals surface area contributed by atoms with Crippen molar-refractivity contribution in [1.82, 2.24) is 10.3 Å². The minimum atomic E-state index is -0.107. The maximum absolute atomic E-state index is 10.9. The first-order valence-electron chi connectivity index (χ1n) is 5.32. The molecule has 0 unspecified atom stereocenters. The topological polar surface area (TPSA) is 65.1 Å². The van der Waals surface area contributed by atoms with Crippen LogP contribution in [-0.2, 0) is 6.54 Å². The van der Waals surface area contributed by atoms with E-state index in [1.807, 2.05) is 5.38 Å². The van der Waals surface area contributed by atoms with E-state index in [2.05, 4.69) is 10.3 Å². The summed E-state index contributed by atoms with van der Waals surface area (Å²) in [5, 5.41) is 14.6. The lowest BCUT2D eigenvalue weighted by molar-refractivity contribution is 0.116. The van der Waals surface area contributed by atoms with Gasteiger partial charge in [0.25, 0.3) is 0 Å². The lowest BCUT2D eigenvalue weighted by atomic mass is 9.93. The van der Waals surface area contributed by atoms with Crippen molar-refractivity contribution in [2.24, 2.45) is 0 Å². The van der Waals surface area contributed by atoms with Crippen LogP contribution >= 0.6 is 11.3 Å². The molecule has 0 spiro atoms. The van der Waals surface area contributed by atoms with E-state index in [1.165, 1.54) is 11.3 Å². The molecule has 0 aliphatic heterocycles. The van der Waals surface area contributed by atoms with E-state index < -0.39 is 0 Å². The van der Waals surface area contributed by atoms with Crippen molar-refractivity contribution in [2.45, 2.75) is 44.4 Å². The Kier molecular flexibility index (Phi) is 3.56. The van der Waals surface area contributed by atoms with E-state index in [0.29, 0.717) is 6.04 Å². The van der Waals surface area contributed by atoms with Crippen LogP contribution in [0.15, 0.2) is 10.2 Å². The fourth-order valence-corrected chi connectivity index (χ4v) is 2.52. The molecular weight excluding hydrogens is 212 g/mol. The third-order valence-corrected chi connectivity index (χ3v) is 3.57. The number of aromatic amines is 1. The van der Waals surface area contributed by atoms with Crippen LogP contribution < -0.4 is 10.2 Å². The van der Waals surface area contributed by atoms with E-state index in [0.717, 1.165) is 37.9 Å². The van der Waals surface area contributed by atoms with Gasteiger partial charge in [-0.25, -0.2) is 0 Å². The zero-order valence-corrected chi connectivity index (χ0v) is 9.35. The monoisotopic (exact) mass is 228 g/mol. The Hall–Kier alpha value is -0.650. The second-order valence-electron chi connectivity index (χ2n) is 4.06. The smallest absolute Gasteiger partial charge is 0.304 e. The van der Waals surface area contributed by atoms with Gasteiger partial charge in [0, 0.05) is 23.7 Å². The van der Waals surface area contributed by atoms with Crippen molar-refractivity contribution in [3.8, 4) is 0 Å². The summed E-state index contributed by atoms with van der Waals surface area (Å²) in [6, 6.07) is 0.483. The second-order valence-corrected chi connectivity index (χ2v) is 4.90. The minimum absolute atomic E-state index is 0.00543. The zero-order chi connectivity index (χ0) is 10.7. The average molecular weight is 228 g/mol. The first kappa shape index (κ1) is 10.9. The molecule has 84 valence electrons. The van der Waals surface area contributed by atoms with Gasteiger partial charge in [-0.3, -0.25) is 4.79 Å². The maximum Gasteiger partial charge on any atom is 0.304 e. The molecule has 4 nitrogen and oxygen atoms in total. The van der Waals surface area contributed by atoms with Gasteiger partial charge in [-0.1, -0.05) is 11.3 Å². The van der Waals surface area contributed by atoms with Crippen molar-refractivity contribution in [3.63, 3.8) is 0 Å². The van der Waals surface area contributed by atoms with Crippen molar-refractivity contribution in [2.75, 3.05) is 0 Å². The van der Waals surface area contributed by atoms with Crippen molar-refractivity contribution in [1.29, 1.82) is 0 Å². The molecule has 1 aliphatic carbocycles. The molecule has 2 rings (SSSR count). The van der Waals surface area contributed by atoms with Gasteiger partial charge in [0.15, 0.2) is 0 Å². The Bertz CT molecular complexity index is 352. The Morgan fingerprint density at radius 2 is 2.20 bits per heavy atom. The van der Waals surface area contributed by atoms with Gasteiger partial charge in [0.05, 0.1) is 6.10 Å². The number of H-pyrrole nitrogens is 1. The predicted octanol–water partition coefficient (Wildman–Crippen LogP) is 0.829. The highest BCUT2D eigenvalue weighted by Crippen LogP contribution is 2.18. The number of aromatic nitrogens is 1. The Morgan fingerprint density at radius 1 is 1.47 bits per heavy atom. The van der Waals surface area contributed by atoms with Gasteiger partial charge < -0.3 is 15.4 Å². The fourth-order valence-electron chi connectivity index (χ4n) is 1.93. The number of aliphatic hydroxyl groups excluding tert-OH is 1. The molecule has 3 N–H and O–H groups in total. The van der Waals surface area contributed by atoms with Gasteiger partial charge in [0.1, 0.15) is 0 Å². The van der Waals surface area contributed by atoms with Gasteiger partial charge in [-0.2, -0.15) is 0 Å². The summed E-state index contributed by atoms with van der Waals surface area (Å²) in [5.41, 5.74) is 0.955. The van der Waals surface area contributed by atoms with Gasteiger partial charge in [-0.05, 0) is 25.7 Å². The third-order valence-electron chi connectivity index (χ3n) is 2.85. The molecule has 5 heteroatoms. The molecule has 1 aromatic rings. The Balaban J connectivity index is 1.76. The molecule has 1 aromatic heterocycles. The summed E-state index contributed by atoms with van der Waals surface area (Å²) in [5.74, 6) is 0. The molecule has 0 radical (unpaired) electrons. The maximum atomic E-state index is 10.9. The van der Waals surface area contributed by atoms with Gasteiger partial charge >= 0.3 is 4.87 Å². The molecule has 0 atom stereocenters. The summed E-state index contributed by atoms with van der Waals surface area (Å²) in [7, 11) is 0. The van der Waals surface area contributed by atoms with Crippen LogP contribution in [0.4, 0.5) is 0 Å². The van der Waals surface area contributed by atoms with E-state index >= 15 is 0 Å². The van der Waals surface area contributed by atoms with Crippen LogP contribution in [0.2, 0.25) is 0 Å². The SMILES string of the molecule is O=c1[nH]c(CNC2CCC(O)CC2)cs1. The predicted molar refractivity (Wildman–Crippen MR) is 60.0 cm³/mol. The fraction of sp³-hybridized carbons (Fsp3) is 0.700. The van der Waals surface area contributed by atoms with E-state index in [-0.39, 0.29) is 11.0 Å². The van der Waals surface area contributed by atoms with Crippen LogP contribution in [-0.4, -0.2) is 22.2 Å². The number of aliphatic hydroxyl groups is 1. The molecule has 1 fully saturated rings. The third kappa shape index (κ3) is 3.15. The summed E-state index contributed by atoms with van der Waals surface area (Å²) in [6.07, 6.45) is 3.71. The highest BCUT2D eigenvalue weighted by atomic mass is 32.1. The van der Waals surface area contributed by atoms with Crippen LogP contribution in [0.25, 0.3) is 0 Å². The number of hydrogen-bond acceptors (Lipinski definition) is 4. The highest BCUT2D eigenvalue weighted by molar-refractivity contribution is 7.07. The first-order chi connectivity index (χ1) is 7.24. The number of thiazole rings is 1.